The molecule has 4 heteroatoms. The van der Waals surface area contributed by atoms with E-state index in [0.29, 0.717) is 23.7 Å². The van der Waals surface area contributed by atoms with E-state index >= 15 is 0 Å². The molecule has 4 nitrogen and oxygen atoms in total. The standard InChI is InChI=1S/C14H20O4/c1-9(2)4-5-18-14(17)8-11-7-12(15)10(3)6-13(11)16/h6-7,9,15-16H,4-5,8H2,1-3H3. The Morgan fingerprint density at radius 3 is 2.56 bits per heavy atom. The number of aromatic hydroxyl groups is 2. The van der Waals surface area contributed by atoms with E-state index in [1.54, 1.807) is 6.92 Å². The molecule has 0 aliphatic rings. The van der Waals surface area contributed by atoms with Gasteiger partial charge in [0.1, 0.15) is 11.5 Å². The highest BCUT2D eigenvalue weighted by atomic mass is 16.5. The number of hydrogen-bond donors (Lipinski definition) is 2. The number of phenolic OH excluding ortho intramolecular Hbond substituents is 2. The summed E-state index contributed by atoms with van der Waals surface area (Å²) in [6.45, 7) is 6.17. The Hall–Kier alpha value is -1.71. The van der Waals surface area contributed by atoms with Gasteiger partial charge in [0.05, 0.1) is 13.0 Å². The Morgan fingerprint density at radius 1 is 1.28 bits per heavy atom. The first-order valence-electron chi connectivity index (χ1n) is 6.07. The van der Waals surface area contributed by atoms with Crippen molar-refractivity contribution in [3.8, 4) is 11.5 Å². The van der Waals surface area contributed by atoms with Crippen molar-refractivity contribution < 1.29 is 19.7 Å². The van der Waals surface area contributed by atoms with E-state index in [4.69, 9.17) is 4.74 Å². The van der Waals surface area contributed by atoms with E-state index in [9.17, 15) is 15.0 Å². The molecular weight excluding hydrogens is 232 g/mol. The number of carbonyl (C=O) groups is 1. The molecule has 0 unspecified atom stereocenters. The van der Waals surface area contributed by atoms with Gasteiger partial charge in [0, 0.05) is 5.56 Å². The van der Waals surface area contributed by atoms with Crippen molar-refractivity contribution in [1.29, 1.82) is 0 Å². The fourth-order valence-corrected chi connectivity index (χ4v) is 1.48. The van der Waals surface area contributed by atoms with Crippen molar-refractivity contribution in [2.45, 2.75) is 33.6 Å². The molecule has 2 N–H and O–H groups in total. The normalized spacial score (nSPS) is 10.7. The number of phenols is 2. The molecule has 0 radical (unpaired) electrons. The molecule has 0 saturated heterocycles. The van der Waals surface area contributed by atoms with Crippen LogP contribution in [0.4, 0.5) is 0 Å². The van der Waals surface area contributed by atoms with Gasteiger partial charge in [-0.25, -0.2) is 0 Å². The molecule has 0 bridgehead atoms. The van der Waals surface area contributed by atoms with Crippen molar-refractivity contribution in [2.24, 2.45) is 5.92 Å². The number of esters is 1. The lowest BCUT2D eigenvalue weighted by atomic mass is 10.1. The van der Waals surface area contributed by atoms with Gasteiger partial charge in [0.2, 0.25) is 0 Å². The number of rotatable bonds is 5. The SMILES string of the molecule is Cc1cc(O)c(CC(=O)OCCC(C)C)cc1O. The van der Waals surface area contributed by atoms with E-state index in [0.717, 1.165) is 6.42 Å². The maximum Gasteiger partial charge on any atom is 0.310 e. The Labute approximate surface area is 107 Å². The van der Waals surface area contributed by atoms with E-state index < -0.39 is 5.97 Å². The lowest BCUT2D eigenvalue weighted by Crippen LogP contribution is -2.10. The van der Waals surface area contributed by atoms with Gasteiger partial charge >= 0.3 is 5.97 Å². The summed E-state index contributed by atoms with van der Waals surface area (Å²) in [5, 5.41) is 19.2. The molecule has 0 aromatic heterocycles. The van der Waals surface area contributed by atoms with Crippen LogP contribution in [0.25, 0.3) is 0 Å². The minimum atomic E-state index is -0.394. The maximum absolute atomic E-state index is 11.5. The van der Waals surface area contributed by atoms with Crippen LogP contribution < -0.4 is 0 Å². The first-order chi connectivity index (χ1) is 8.40. The molecule has 0 aliphatic heterocycles. The molecule has 0 atom stereocenters. The van der Waals surface area contributed by atoms with Crippen LogP contribution in [0.3, 0.4) is 0 Å². The first kappa shape index (κ1) is 14.4. The van der Waals surface area contributed by atoms with Gasteiger partial charge in [0.15, 0.2) is 0 Å². The van der Waals surface area contributed by atoms with Gasteiger partial charge in [-0.2, -0.15) is 0 Å². The van der Waals surface area contributed by atoms with Crippen LogP contribution in [0, 0.1) is 12.8 Å². The average molecular weight is 252 g/mol. The second-order valence-corrected chi connectivity index (χ2v) is 4.85. The molecule has 0 spiro atoms. The largest absolute Gasteiger partial charge is 0.508 e. The maximum atomic E-state index is 11.5. The van der Waals surface area contributed by atoms with Gasteiger partial charge in [-0.15, -0.1) is 0 Å². The van der Waals surface area contributed by atoms with Crippen molar-refractivity contribution in [3.05, 3.63) is 23.3 Å². The van der Waals surface area contributed by atoms with Gasteiger partial charge < -0.3 is 14.9 Å². The second kappa shape index (κ2) is 6.28. The lowest BCUT2D eigenvalue weighted by Gasteiger charge is -2.09. The van der Waals surface area contributed by atoms with Crippen LogP contribution in [-0.4, -0.2) is 22.8 Å². The zero-order chi connectivity index (χ0) is 13.7. The van der Waals surface area contributed by atoms with Crippen LogP contribution >= 0.6 is 0 Å². The number of ether oxygens (including phenoxy) is 1. The molecule has 100 valence electrons. The smallest absolute Gasteiger partial charge is 0.310 e. The first-order valence-corrected chi connectivity index (χ1v) is 6.07. The van der Waals surface area contributed by atoms with Crippen LogP contribution in [0.5, 0.6) is 11.5 Å². The Balaban J connectivity index is 2.57. The van der Waals surface area contributed by atoms with Gasteiger partial charge in [-0.1, -0.05) is 13.8 Å². The lowest BCUT2D eigenvalue weighted by molar-refractivity contribution is -0.143. The number of aryl methyl sites for hydroxylation is 1. The number of benzene rings is 1. The molecule has 18 heavy (non-hydrogen) atoms. The highest BCUT2D eigenvalue weighted by Crippen LogP contribution is 2.26. The van der Waals surface area contributed by atoms with Gasteiger partial charge in [0.25, 0.3) is 0 Å². The molecule has 0 saturated carbocycles. The summed E-state index contributed by atoms with van der Waals surface area (Å²) in [6.07, 6.45) is 0.786. The summed E-state index contributed by atoms with van der Waals surface area (Å²) in [5.74, 6) is 0.160. The number of hydrogen-bond acceptors (Lipinski definition) is 4. The predicted octanol–water partition coefficient (Wildman–Crippen LogP) is 2.54. The Bertz CT molecular complexity index is 424. The van der Waals surface area contributed by atoms with Crippen LogP contribution in [-0.2, 0) is 16.0 Å². The van der Waals surface area contributed by atoms with Crippen LogP contribution in [0.15, 0.2) is 12.1 Å². The zero-order valence-electron chi connectivity index (χ0n) is 11.1. The minimum absolute atomic E-state index is 0.00566. The fourth-order valence-electron chi connectivity index (χ4n) is 1.48. The van der Waals surface area contributed by atoms with Crippen LogP contribution in [0.1, 0.15) is 31.4 Å². The molecule has 1 aromatic carbocycles. The summed E-state index contributed by atoms with van der Waals surface area (Å²) < 4.78 is 5.05. The minimum Gasteiger partial charge on any atom is -0.508 e. The summed E-state index contributed by atoms with van der Waals surface area (Å²) in [6, 6.07) is 2.83. The quantitative estimate of drug-likeness (QED) is 0.624. The topological polar surface area (TPSA) is 66.8 Å². The van der Waals surface area contributed by atoms with Gasteiger partial charge in [-0.05, 0) is 37.0 Å². The molecule has 0 amide bonds. The average Bonchev–Trinajstić information content (AvgIpc) is 2.25. The molecular formula is C14H20O4. The van der Waals surface area contributed by atoms with Gasteiger partial charge in [-0.3, -0.25) is 4.79 Å². The Kier molecular flexibility index (Phi) is 5.01. The van der Waals surface area contributed by atoms with E-state index in [2.05, 4.69) is 13.8 Å². The predicted molar refractivity (Wildman–Crippen MR) is 68.6 cm³/mol. The third kappa shape index (κ3) is 4.28. The van der Waals surface area contributed by atoms with Crippen LogP contribution in [0.2, 0.25) is 0 Å². The van der Waals surface area contributed by atoms with Crippen molar-refractivity contribution in [2.75, 3.05) is 6.61 Å². The van der Waals surface area contributed by atoms with Crippen molar-refractivity contribution in [1.82, 2.24) is 0 Å². The Morgan fingerprint density at radius 2 is 1.94 bits per heavy atom. The summed E-state index contributed by atoms with van der Waals surface area (Å²) in [4.78, 5) is 11.5. The fraction of sp³-hybridized carbons (Fsp3) is 0.500. The van der Waals surface area contributed by atoms with E-state index in [1.807, 2.05) is 0 Å². The highest BCUT2D eigenvalue weighted by molar-refractivity contribution is 5.74. The third-order valence-corrected chi connectivity index (χ3v) is 2.69. The molecule has 1 rings (SSSR count). The summed E-state index contributed by atoms with van der Waals surface area (Å²) >= 11 is 0. The molecule has 0 aliphatic carbocycles. The second-order valence-electron chi connectivity index (χ2n) is 4.85. The molecule has 1 aromatic rings. The van der Waals surface area contributed by atoms with E-state index in [-0.39, 0.29) is 17.9 Å². The van der Waals surface area contributed by atoms with Crippen molar-refractivity contribution >= 4 is 5.97 Å². The third-order valence-electron chi connectivity index (χ3n) is 2.69. The molecule has 0 fully saturated rings. The monoisotopic (exact) mass is 252 g/mol. The molecule has 0 heterocycles. The summed E-state index contributed by atoms with van der Waals surface area (Å²) in [5.41, 5.74) is 0.956. The zero-order valence-corrected chi connectivity index (χ0v) is 11.1. The number of carbonyl (C=O) groups excluding carboxylic acids is 1. The van der Waals surface area contributed by atoms with E-state index in [1.165, 1.54) is 12.1 Å². The summed E-state index contributed by atoms with van der Waals surface area (Å²) in [7, 11) is 0. The highest BCUT2D eigenvalue weighted by Gasteiger charge is 2.11. The van der Waals surface area contributed by atoms with Crippen molar-refractivity contribution in [3.63, 3.8) is 0 Å².